The minimum Gasteiger partial charge on any atom is -0.354 e. The van der Waals surface area contributed by atoms with Gasteiger partial charge in [-0.3, -0.25) is 4.79 Å². The van der Waals surface area contributed by atoms with Crippen molar-refractivity contribution in [3.05, 3.63) is 47.8 Å². The van der Waals surface area contributed by atoms with Crippen LogP contribution in [0.15, 0.2) is 36.7 Å². The molecule has 0 atom stereocenters. The van der Waals surface area contributed by atoms with Crippen molar-refractivity contribution >= 4 is 5.91 Å². The van der Waals surface area contributed by atoms with E-state index in [4.69, 9.17) is 0 Å². The molecule has 0 radical (unpaired) electrons. The molecule has 1 N–H and O–H groups in total. The fraction of sp³-hybridized carbons (Fsp3) is 0.308. The van der Waals surface area contributed by atoms with Crippen molar-refractivity contribution in [3.8, 4) is 0 Å². The molecule has 1 amide bonds. The molecule has 2 aromatic rings. The van der Waals surface area contributed by atoms with Crippen molar-refractivity contribution in [3.63, 3.8) is 0 Å². The lowest BCUT2D eigenvalue weighted by Gasteiger charge is -2.09. The summed E-state index contributed by atoms with van der Waals surface area (Å²) >= 11 is 0. The smallest absolute Gasteiger partial charge is 0.354 e. The number of benzene rings is 1. The highest BCUT2D eigenvalue weighted by molar-refractivity contribution is 5.78. The monoisotopic (exact) mass is 298 g/mol. The van der Waals surface area contributed by atoms with Crippen LogP contribution in [0.3, 0.4) is 0 Å². The van der Waals surface area contributed by atoms with Crippen LogP contribution in [0.4, 0.5) is 13.2 Å². The number of hydrogen-bond acceptors (Lipinski definition) is 3. The second kappa shape index (κ2) is 6.38. The maximum Gasteiger partial charge on any atom is 0.416 e. The molecular formula is C13H13F3N4O. The van der Waals surface area contributed by atoms with Gasteiger partial charge in [0.25, 0.3) is 0 Å². The molecule has 0 aliphatic rings. The molecule has 8 heteroatoms. The van der Waals surface area contributed by atoms with E-state index in [0.29, 0.717) is 18.7 Å². The van der Waals surface area contributed by atoms with Crippen LogP contribution in [0, 0.1) is 0 Å². The van der Waals surface area contributed by atoms with Gasteiger partial charge < -0.3 is 5.32 Å². The molecule has 0 aliphatic heterocycles. The Hall–Kier alpha value is -2.38. The van der Waals surface area contributed by atoms with Gasteiger partial charge in [-0.2, -0.15) is 28.2 Å². The van der Waals surface area contributed by atoms with Crippen LogP contribution in [0.5, 0.6) is 0 Å². The summed E-state index contributed by atoms with van der Waals surface area (Å²) in [4.78, 5) is 13.1. The first-order valence-electron chi connectivity index (χ1n) is 6.22. The first-order valence-corrected chi connectivity index (χ1v) is 6.22. The maximum atomic E-state index is 12.5. The van der Waals surface area contributed by atoms with E-state index in [1.807, 2.05) is 0 Å². The summed E-state index contributed by atoms with van der Waals surface area (Å²) in [6.07, 6.45) is -1.47. The molecule has 2 rings (SSSR count). The Kier molecular flexibility index (Phi) is 4.56. The molecule has 1 heterocycles. The number of halogens is 3. The maximum absolute atomic E-state index is 12.5. The molecule has 1 aromatic heterocycles. The third-order valence-electron chi connectivity index (χ3n) is 2.72. The first-order chi connectivity index (χ1) is 9.95. The van der Waals surface area contributed by atoms with Gasteiger partial charge in [0.05, 0.1) is 30.9 Å². The molecule has 0 unspecified atom stereocenters. The zero-order valence-electron chi connectivity index (χ0n) is 11.0. The van der Waals surface area contributed by atoms with Crippen molar-refractivity contribution in [2.45, 2.75) is 19.1 Å². The first kappa shape index (κ1) is 15.0. The summed E-state index contributed by atoms with van der Waals surface area (Å²) in [5, 5.41) is 10.3. The number of carbonyl (C=O) groups excluding carboxylic acids is 1. The van der Waals surface area contributed by atoms with E-state index >= 15 is 0 Å². The lowest BCUT2D eigenvalue weighted by molar-refractivity contribution is -0.137. The molecule has 0 spiro atoms. The molecule has 0 aliphatic carbocycles. The van der Waals surface area contributed by atoms with Crippen molar-refractivity contribution in [2.75, 3.05) is 6.54 Å². The Bertz CT molecular complexity index is 596. The number of aromatic nitrogens is 3. The second-order valence-corrected chi connectivity index (χ2v) is 4.35. The Morgan fingerprint density at radius 2 is 1.95 bits per heavy atom. The van der Waals surface area contributed by atoms with Crippen LogP contribution in [0.2, 0.25) is 0 Å². The number of amides is 1. The van der Waals surface area contributed by atoms with E-state index in [2.05, 4.69) is 15.5 Å². The summed E-state index contributed by atoms with van der Waals surface area (Å²) in [6, 6.07) is 4.74. The SMILES string of the molecule is O=C(Cc1cccc(C(F)(F)F)c1)NCCn1nccn1. The Morgan fingerprint density at radius 1 is 1.24 bits per heavy atom. The second-order valence-electron chi connectivity index (χ2n) is 4.35. The average molecular weight is 298 g/mol. The van der Waals surface area contributed by atoms with E-state index in [0.717, 1.165) is 12.1 Å². The van der Waals surface area contributed by atoms with Gasteiger partial charge in [-0.05, 0) is 11.6 Å². The fourth-order valence-corrected chi connectivity index (χ4v) is 1.76. The standard InChI is InChI=1S/C13H13F3N4O/c14-13(15,16)11-3-1-2-10(8-11)9-12(21)17-6-7-20-18-4-5-19-20/h1-5,8H,6-7,9H2,(H,17,21). The van der Waals surface area contributed by atoms with Gasteiger partial charge in [0.2, 0.25) is 5.91 Å². The molecule has 112 valence electrons. The van der Waals surface area contributed by atoms with Crippen LogP contribution in [0.25, 0.3) is 0 Å². The van der Waals surface area contributed by atoms with E-state index in [-0.39, 0.29) is 12.3 Å². The van der Waals surface area contributed by atoms with Crippen molar-refractivity contribution < 1.29 is 18.0 Å². The number of rotatable bonds is 5. The summed E-state index contributed by atoms with van der Waals surface area (Å²) in [5.74, 6) is -0.346. The lowest BCUT2D eigenvalue weighted by atomic mass is 10.1. The predicted molar refractivity (Wildman–Crippen MR) is 68.2 cm³/mol. The highest BCUT2D eigenvalue weighted by Crippen LogP contribution is 2.29. The third-order valence-corrected chi connectivity index (χ3v) is 2.72. The number of alkyl halides is 3. The quantitative estimate of drug-likeness (QED) is 0.913. The largest absolute Gasteiger partial charge is 0.416 e. The van der Waals surface area contributed by atoms with E-state index in [9.17, 15) is 18.0 Å². The van der Waals surface area contributed by atoms with Gasteiger partial charge in [0, 0.05) is 6.54 Å². The van der Waals surface area contributed by atoms with Crippen LogP contribution in [0.1, 0.15) is 11.1 Å². The van der Waals surface area contributed by atoms with E-state index in [1.54, 1.807) is 0 Å². The van der Waals surface area contributed by atoms with Gasteiger partial charge in [-0.1, -0.05) is 18.2 Å². The molecule has 5 nitrogen and oxygen atoms in total. The summed E-state index contributed by atoms with van der Waals surface area (Å²) < 4.78 is 37.6. The Morgan fingerprint density at radius 3 is 2.62 bits per heavy atom. The van der Waals surface area contributed by atoms with Crippen LogP contribution in [-0.4, -0.2) is 27.4 Å². The molecule has 1 aromatic carbocycles. The zero-order chi connectivity index (χ0) is 15.3. The van der Waals surface area contributed by atoms with Gasteiger partial charge in [0.1, 0.15) is 0 Å². The number of nitrogens with zero attached hydrogens (tertiary/aromatic N) is 3. The van der Waals surface area contributed by atoms with E-state index in [1.165, 1.54) is 29.3 Å². The highest BCUT2D eigenvalue weighted by Gasteiger charge is 2.30. The van der Waals surface area contributed by atoms with Gasteiger partial charge in [0.15, 0.2) is 0 Å². The van der Waals surface area contributed by atoms with Crippen LogP contribution < -0.4 is 5.32 Å². The minimum absolute atomic E-state index is 0.101. The lowest BCUT2D eigenvalue weighted by Crippen LogP contribution is -2.29. The van der Waals surface area contributed by atoms with Gasteiger partial charge >= 0.3 is 6.18 Å². The third kappa shape index (κ3) is 4.59. The fourth-order valence-electron chi connectivity index (χ4n) is 1.76. The highest BCUT2D eigenvalue weighted by atomic mass is 19.4. The molecule has 0 saturated carbocycles. The van der Waals surface area contributed by atoms with E-state index < -0.39 is 11.7 Å². The summed E-state index contributed by atoms with van der Waals surface area (Å²) in [5.41, 5.74) is -0.437. The van der Waals surface area contributed by atoms with Gasteiger partial charge in [-0.25, -0.2) is 0 Å². The van der Waals surface area contributed by atoms with Crippen molar-refractivity contribution in [2.24, 2.45) is 0 Å². The number of nitrogens with one attached hydrogen (secondary N) is 1. The molecule has 0 fully saturated rings. The Labute approximate surface area is 118 Å². The number of hydrogen-bond donors (Lipinski definition) is 1. The normalized spacial score (nSPS) is 11.4. The van der Waals surface area contributed by atoms with Crippen LogP contribution >= 0.6 is 0 Å². The predicted octanol–water partition coefficient (Wildman–Crippen LogP) is 1.66. The van der Waals surface area contributed by atoms with Gasteiger partial charge in [-0.15, -0.1) is 0 Å². The number of carbonyl (C=O) groups is 1. The average Bonchev–Trinajstić information content (AvgIpc) is 2.91. The molecule has 0 bridgehead atoms. The van der Waals surface area contributed by atoms with Crippen molar-refractivity contribution in [1.82, 2.24) is 20.3 Å². The molecular weight excluding hydrogens is 285 g/mol. The van der Waals surface area contributed by atoms with Crippen LogP contribution in [-0.2, 0) is 23.9 Å². The zero-order valence-corrected chi connectivity index (χ0v) is 11.0. The minimum atomic E-state index is -4.40. The summed E-state index contributed by atoms with van der Waals surface area (Å²) in [6.45, 7) is 0.716. The Balaban J connectivity index is 1.85. The summed E-state index contributed by atoms with van der Waals surface area (Å²) in [7, 11) is 0. The van der Waals surface area contributed by atoms with Crippen molar-refractivity contribution in [1.29, 1.82) is 0 Å². The topological polar surface area (TPSA) is 59.8 Å². The molecule has 0 saturated heterocycles. The molecule has 21 heavy (non-hydrogen) atoms.